The van der Waals surface area contributed by atoms with Crippen LogP contribution in [0.5, 0.6) is 0 Å². The maximum absolute atomic E-state index is 11.9. The fraction of sp³-hybridized carbons (Fsp3) is 1.00. The normalized spacial score (nSPS) is 11.9. The minimum atomic E-state index is -3.35. The van der Waals surface area contributed by atoms with Gasteiger partial charge in [0, 0.05) is 0 Å². The van der Waals surface area contributed by atoms with Crippen molar-refractivity contribution < 1.29 is 21.5 Å². The maximum atomic E-state index is 11.9. The third-order valence-corrected chi connectivity index (χ3v) is 8.79. The van der Waals surface area contributed by atoms with Gasteiger partial charge in [0.05, 0.1) is 45.2 Å². The van der Waals surface area contributed by atoms with Crippen LogP contribution in [0.1, 0.15) is 144 Å². The minimum Gasteiger partial charge on any atom is -0.325 e. The molecule has 0 aliphatic rings. The Hall–Kier alpha value is -0.200. The van der Waals surface area contributed by atoms with E-state index >= 15 is 0 Å². The lowest BCUT2D eigenvalue weighted by Gasteiger charge is -2.34. The van der Waals surface area contributed by atoms with E-state index in [2.05, 4.69) is 34.6 Å². The summed E-state index contributed by atoms with van der Waals surface area (Å²) >= 11 is 0. The predicted molar refractivity (Wildman–Crippen MR) is 152 cm³/mol. The Morgan fingerprint density at radius 1 is 0.543 bits per heavy atom. The molecule has 0 fully saturated rings. The number of nitrogens with zero attached hydrogens (tertiary/aromatic N) is 1. The summed E-state index contributed by atoms with van der Waals surface area (Å²) in [6, 6.07) is 0. The highest BCUT2D eigenvalue weighted by atomic mass is 32.2. The van der Waals surface area contributed by atoms with Crippen molar-refractivity contribution in [3.8, 4) is 0 Å². The Kier molecular flexibility index (Phi) is 28.4. The van der Waals surface area contributed by atoms with Crippen molar-refractivity contribution >= 4 is 10.1 Å². The Morgan fingerprint density at radius 2 is 0.914 bits per heavy atom. The van der Waals surface area contributed by atoms with Crippen molar-refractivity contribution in [2.45, 2.75) is 144 Å². The first kappa shape index (κ1) is 37.0. The number of halogens is 1. The molecule has 0 aromatic carbocycles. The first-order valence-electron chi connectivity index (χ1n) is 15.1. The smallest absolute Gasteiger partial charge is 0.267 e. The fourth-order valence-corrected chi connectivity index (χ4v) is 5.48. The standard InChI is InChI=1S/C21H43FO3S.C8H20N/c1-2-3-4-5-6-7-8-9-11-14-17-20-25-26(23,24)21-18-15-12-10-13-16-19-22;1-5-9(6-2,7-3)8-4/h2-21H2,1H3;5-8H2,1-4H3/q;+1. The third-order valence-electron chi connectivity index (χ3n) is 7.47. The van der Waals surface area contributed by atoms with Gasteiger partial charge in [-0.2, -0.15) is 8.42 Å². The van der Waals surface area contributed by atoms with Gasteiger partial charge in [-0.05, 0) is 47.0 Å². The molecule has 0 rings (SSSR count). The Bertz CT molecular complexity index is 493. The zero-order valence-corrected chi connectivity index (χ0v) is 25.2. The molecule has 0 aromatic rings. The lowest BCUT2D eigenvalue weighted by atomic mass is 10.1. The van der Waals surface area contributed by atoms with Crippen LogP contribution < -0.4 is 0 Å². The fourth-order valence-electron chi connectivity index (χ4n) is 4.43. The average Bonchev–Trinajstić information content (AvgIpc) is 2.86. The van der Waals surface area contributed by atoms with Gasteiger partial charge >= 0.3 is 0 Å². The van der Waals surface area contributed by atoms with Crippen molar-refractivity contribution in [3.05, 3.63) is 0 Å². The number of quaternary nitrogens is 1. The summed E-state index contributed by atoms with van der Waals surface area (Å²) < 4.78 is 41.8. The van der Waals surface area contributed by atoms with Crippen LogP contribution in [-0.4, -0.2) is 58.1 Å². The Balaban J connectivity index is 0. The van der Waals surface area contributed by atoms with Gasteiger partial charge in [-0.3, -0.25) is 8.57 Å². The second kappa shape index (κ2) is 26.9. The third kappa shape index (κ3) is 25.2. The van der Waals surface area contributed by atoms with Crippen molar-refractivity contribution in [1.82, 2.24) is 0 Å². The summed E-state index contributed by atoms with van der Waals surface area (Å²) in [4.78, 5) is 0. The van der Waals surface area contributed by atoms with E-state index in [1.54, 1.807) is 0 Å². The van der Waals surface area contributed by atoms with Crippen LogP contribution in [0.15, 0.2) is 0 Å². The molecule has 0 saturated carbocycles. The highest BCUT2D eigenvalue weighted by Gasteiger charge is 2.16. The zero-order valence-electron chi connectivity index (χ0n) is 24.4. The number of unbranched alkanes of at least 4 members (excludes halogenated alkanes) is 15. The molecule has 0 aromatic heterocycles. The van der Waals surface area contributed by atoms with E-state index in [0.717, 1.165) is 38.5 Å². The van der Waals surface area contributed by atoms with Crippen LogP contribution >= 0.6 is 0 Å². The molecule has 35 heavy (non-hydrogen) atoms. The van der Waals surface area contributed by atoms with Gasteiger partial charge in [0.2, 0.25) is 0 Å². The second-order valence-electron chi connectivity index (χ2n) is 10.0. The van der Waals surface area contributed by atoms with Gasteiger partial charge in [0.1, 0.15) is 0 Å². The molecule has 0 unspecified atom stereocenters. The van der Waals surface area contributed by atoms with Crippen LogP contribution in [0.2, 0.25) is 0 Å². The largest absolute Gasteiger partial charge is 0.325 e. The van der Waals surface area contributed by atoms with E-state index < -0.39 is 10.1 Å². The Labute approximate surface area is 220 Å². The van der Waals surface area contributed by atoms with E-state index in [1.165, 1.54) is 88.4 Å². The molecule has 0 radical (unpaired) electrons. The molecule has 6 heteroatoms. The summed E-state index contributed by atoms with van der Waals surface area (Å²) in [5, 5.41) is 0. The van der Waals surface area contributed by atoms with Gasteiger partial charge in [0.15, 0.2) is 0 Å². The van der Waals surface area contributed by atoms with Crippen LogP contribution in [0, 0.1) is 0 Å². The van der Waals surface area contributed by atoms with Crippen LogP contribution in [0.4, 0.5) is 4.39 Å². The molecule has 0 heterocycles. The van der Waals surface area contributed by atoms with E-state index in [-0.39, 0.29) is 12.4 Å². The van der Waals surface area contributed by atoms with Gasteiger partial charge in [0.25, 0.3) is 10.1 Å². The molecule has 0 aliphatic carbocycles. The van der Waals surface area contributed by atoms with Crippen molar-refractivity contribution in [1.29, 1.82) is 0 Å². The summed E-state index contributed by atoms with van der Waals surface area (Å²) in [7, 11) is -3.35. The van der Waals surface area contributed by atoms with E-state index in [4.69, 9.17) is 4.18 Å². The molecule has 0 bridgehead atoms. The molecule has 0 spiro atoms. The van der Waals surface area contributed by atoms with Crippen molar-refractivity contribution in [2.24, 2.45) is 0 Å². The quantitative estimate of drug-likeness (QED) is 0.0680. The number of hydrogen-bond donors (Lipinski definition) is 0. The lowest BCUT2D eigenvalue weighted by molar-refractivity contribution is -0.921. The summed E-state index contributed by atoms with van der Waals surface area (Å²) in [5.41, 5.74) is 0. The number of hydrogen-bond acceptors (Lipinski definition) is 3. The van der Waals surface area contributed by atoms with Crippen molar-refractivity contribution in [2.75, 3.05) is 45.2 Å². The lowest BCUT2D eigenvalue weighted by Crippen LogP contribution is -2.47. The van der Waals surface area contributed by atoms with Crippen molar-refractivity contribution in [3.63, 3.8) is 0 Å². The van der Waals surface area contributed by atoms with Gasteiger partial charge in [-0.15, -0.1) is 0 Å². The van der Waals surface area contributed by atoms with Crippen LogP contribution in [0.3, 0.4) is 0 Å². The number of rotatable bonds is 25. The van der Waals surface area contributed by atoms with Gasteiger partial charge in [-0.1, -0.05) is 96.8 Å². The average molecular weight is 525 g/mol. The first-order chi connectivity index (χ1) is 16.9. The molecule has 0 amide bonds. The second-order valence-corrected chi connectivity index (χ2v) is 11.8. The molecular weight excluding hydrogens is 461 g/mol. The van der Waals surface area contributed by atoms with Crippen LogP contribution in [-0.2, 0) is 14.3 Å². The summed E-state index contributed by atoms with van der Waals surface area (Å²) in [5.74, 6) is 0.119. The van der Waals surface area contributed by atoms with Gasteiger partial charge in [-0.25, -0.2) is 0 Å². The minimum absolute atomic E-state index is 0.119. The summed E-state index contributed by atoms with van der Waals surface area (Å²) in [6.07, 6.45) is 18.8. The molecule has 0 aliphatic heterocycles. The number of alkyl halides is 1. The van der Waals surface area contributed by atoms with Crippen LogP contribution in [0.25, 0.3) is 0 Å². The molecule has 0 atom stereocenters. The van der Waals surface area contributed by atoms with E-state index in [9.17, 15) is 12.8 Å². The van der Waals surface area contributed by atoms with E-state index in [1.807, 2.05) is 0 Å². The topological polar surface area (TPSA) is 43.4 Å². The maximum Gasteiger partial charge on any atom is 0.267 e. The monoisotopic (exact) mass is 524 g/mol. The summed E-state index contributed by atoms with van der Waals surface area (Å²) in [6.45, 7) is 16.5. The molecular formula is C29H63FNO3S+. The van der Waals surface area contributed by atoms with Gasteiger partial charge < -0.3 is 4.48 Å². The first-order valence-corrected chi connectivity index (χ1v) is 16.7. The highest BCUT2D eigenvalue weighted by Crippen LogP contribution is 2.12. The van der Waals surface area contributed by atoms with E-state index in [0.29, 0.717) is 19.4 Å². The molecule has 214 valence electrons. The SMILES string of the molecule is CCCCCCCCCCCCCOS(=O)(=O)CCCCCCCCF.CC[N+](CC)(CC)CC. The molecule has 4 nitrogen and oxygen atoms in total. The zero-order chi connectivity index (χ0) is 26.7. The predicted octanol–water partition coefficient (Wildman–Crippen LogP) is 8.84. The highest BCUT2D eigenvalue weighted by molar-refractivity contribution is 7.86. The molecule has 0 N–H and O–H groups in total. The molecule has 0 saturated heterocycles. The Morgan fingerprint density at radius 3 is 1.29 bits per heavy atom.